The molecule has 0 aromatic heterocycles. The van der Waals surface area contributed by atoms with Gasteiger partial charge in [0.15, 0.2) is 5.75 Å². The minimum atomic E-state index is -1.01. The van der Waals surface area contributed by atoms with Crippen molar-refractivity contribution in [2.45, 2.75) is 0 Å². The molecule has 0 atom stereocenters. The second-order valence-electron chi connectivity index (χ2n) is 4.97. The SMILES string of the molecule is C#CCOc1c(Cl)cc(/C=N\NC(=O)C(=O)Nc2ccc(F)cc2)cc1Cl. The van der Waals surface area contributed by atoms with Gasteiger partial charge >= 0.3 is 11.8 Å². The molecule has 0 fully saturated rings. The number of hydrazone groups is 1. The van der Waals surface area contributed by atoms with Crippen molar-refractivity contribution in [2.24, 2.45) is 5.10 Å². The quantitative estimate of drug-likeness (QED) is 0.345. The molecule has 0 heterocycles. The lowest BCUT2D eigenvalue weighted by atomic mass is 10.2. The summed E-state index contributed by atoms with van der Waals surface area (Å²) in [5, 5.41) is 6.37. The molecule has 2 aromatic carbocycles. The summed E-state index contributed by atoms with van der Waals surface area (Å²) in [6.45, 7) is 0.00605. The molecular formula is C18H12Cl2FN3O3. The Kier molecular flexibility index (Phi) is 7.17. The molecule has 0 saturated carbocycles. The first kappa shape index (κ1) is 20.2. The molecule has 138 valence electrons. The average Bonchev–Trinajstić information content (AvgIpc) is 2.63. The van der Waals surface area contributed by atoms with Crippen LogP contribution < -0.4 is 15.5 Å². The fraction of sp³-hybridized carbons (Fsp3) is 0.0556. The number of hydrogen-bond acceptors (Lipinski definition) is 4. The first-order valence-electron chi connectivity index (χ1n) is 7.36. The topological polar surface area (TPSA) is 79.8 Å². The number of nitrogens with zero attached hydrogens (tertiary/aromatic N) is 1. The van der Waals surface area contributed by atoms with Gasteiger partial charge in [0, 0.05) is 5.69 Å². The molecule has 0 spiro atoms. The van der Waals surface area contributed by atoms with Gasteiger partial charge in [0.25, 0.3) is 0 Å². The highest BCUT2D eigenvalue weighted by molar-refractivity contribution is 6.39. The standard InChI is InChI=1S/C18H12Cl2FN3O3/c1-2-7-27-16-14(19)8-11(9-15(16)20)10-22-24-18(26)17(25)23-13-5-3-12(21)4-6-13/h1,3-6,8-10H,7H2,(H,23,25)(H,24,26)/b22-10-. The first-order chi connectivity index (χ1) is 12.9. The van der Waals surface area contributed by atoms with Gasteiger partial charge in [0.1, 0.15) is 12.4 Å². The Labute approximate surface area is 164 Å². The van der Waals surface area contributed by atoms with Crippen LogP contribution in [-0.4, -0.2) is 24.6 Å². The van der Waals surface area contributed by atoms with Crippen molar-refractivity contribution >= 4 is 46.9 Å². The Morgan fingerprint density at radius 2 is 1.81 bits per heavy atom. The zero-order chi connectivity index (χ0) is 19.8. The Morgan fingerprint density at radius 3 is 2.41 bits per heavy atom. The van der Waals surface area contributed by atoms with Crippen LogP contribution in [0.25, 0.3) is 0 Å². The molecule has 2 aromatic rings. The van der Waals surface area contributed by atoms with Crippen molar-refractivity contribution in [3.8, 4) is 18.1 Å². The van der Waals surface area contributed by atoms with E-state index < -0.39 is 17.6 Å². The van der Waals surface area contributed by atoms with Crippen LogP contribution in [0.4, 0.5) is 10.1 Å². The third-order valence-corrected chi connectivity index (χ3v) is 3.57. The molecule has 2 rings (SSSR count). The highest BCUT2D eigenvalue weighted by Gasteiger charge is 2.13. The molecule has 27 heavy (non-hydrogen) atoms. The monoisotopic (exact) mass is 407 g/mol. The minimum Gasteiger partial charge on any atom is -0.478 e. The van der Waals surface area contributed by atoms with E-state index in [9.17, 15) is 14.0 Å². The van der Waals surface area contributed by atoms with Gasteiger partial charge in [-0.05, 0) is 42.0 Å². The Hall–Kier alpha value is -3.08. The molecule has 0 saturated heterocycles. The number of rotatable bonds is 5. The van der Waals surface area contributed by atoms with Gasteiger partial charge in [-0.15, -0.1) is 6.42 Å². The van der Waals surface area contributed by atoms with Crippen LogP contribution >= 0.6 is 23.2 Å². The summed E-state index contributed by atoms with van der Waals surface area (Å²) in [5.41, 5.74) is 2.77. The van der Waals surface area contributed by atoms with Crippen molar-refractivity contribution in [3.05, 3.63) is 57.8 Å². The molecule has 0 radical (unpaired) electrons. The second-order valence-corrected chi connectivity index (χ2v) is 5.78. The first-order valence-corrected chi connectivity index (χ1v) is 8.11. The van der Waals surface area contributed by atoms with E-state index in [0.717, 1.165) is 12.1 Å². The number of nitrogens with one attached hydrogen (secondary N) is 2. The summed E-state index contributed by atoms with van der Waals surface area (Å²) in [6.07, 6.45) is 6.35. The van der Waals surface area contributed by atoms with E-state index in [0.29, 0.717) is 5.56 Å². The predicted octanol–water partition coefficient (Wildman–Crippen LogP) is 3.23. The van der Waals surface area contributed by atoms with Crippen molar-refractivity contribution in [3.63, 3.8) is 0 Å². The van der Waals surface area contributed by atoms with Crippen LogP contribution in [0.1, 0.15) is 5.56 Å². The van der Waals surface area contributed by atoms with E-state index >= 15 is 0 Å². The smallest absolute Gasteiger partial charge is 0.329 e. The van der Waals surface area contributed by atoms with Gasteiger partial charge in [-0.2, -0.15) is 5.10 Å². The summed E-state index contributed by atoms with van der Waals surface area (Å²) >= 11 is 12.1. The van der Waals surface area contributed by atoms with Crippen LogP contribution in [-0.2, 0) is 9.59 Å². The number of benzene rings is 2. The lowest BCUT2D eigenvalue weighted by molar-refractivity contribution is -0.136. The fourth-order valence-electron chi connectivity index (χ4n) is 1.84. The Balaban J connectivity index is 1.96. The van der Waals surface area contributed by atoms with Crippen LogP contribution in [0.15, 0.2) is 41.5 Å². The van der Waals surface area contributed by atoms with Crippen LogP contribution in [0.5, 0.6) is 5.75 Å². The minimum absolute atomic E-state index is 0.00605. The Morgan fingerprint density at radius 1 is 1.19 bits per heavy atom. The van der Waals surface area contributed by atoms with Crippen molar-refractivity contribution < 1.29 is 18.7 Å². The maximum Gasteiger partial charge on any atom is 0.329 e. The zero-order valence-corrected chi connectivity index (χ0v) is 15.1. The van der Waals surface area contributed by atoms with E-state index in [4.69, 9.17) is 34.4 Å². The molecule has 2 N–H and O–H groups in total. The maximum atomic E-state index is 12.8. The highest BCUT2D eigenvalue weighted by Crippen LogP contribution is 2.33. The number of ether oxygens (including phenoxy) is 1. The molecule has 0 unspecified atom stereocenters. The molecule has 0 aliphatic carbocycles. The average molecular weight is 408 g/mol. The number of anilines is 1. The lowest BCUT2D eigenvalue weighted by Crippen LogP contribution is -2.32. The van der Waals surface area contributed by atoms with Crippen LogP contribution in [0.3, 0.4) is 0 Å². The van der Waals surface area contributed by atoms with E-state index in [1.165, 1.54) is 30.5 Å². The number of carbonyl (C=O) groups is 2. The molecule has 2 amide bonds. The predicted molar refractivity (Wildman–Crippen MR) is 102 cm³/mol. The summed E-state index contributed by atoms with van der Waals surface area (Å²) in [5.74, 6) is 0.0853. The highest BCUT2D eigenvalue weighted by atomic mass is 35.5. The van der Waals surface area contributed by atoms with Gasteiger partial charge in [0.05, 0.1) is 16.3 Å². The summed E-state index contributed by atoms with van der Waals surface area (Å²) in [6, 6.07) is 7.92. The number of amides is 2. The van der Waals surface area contributed by atoms with Gasteiger partial charge < -0.3 is 10.1 Å². The zero-order valence-electron chi connectivity index (χ0n) is 13.6. The second kappa shape index (κ2) is 9.57. The third-order valence-electron chi connectivity index (χ3n) is 3.01. The van der Waals surface area contributed by atoms with Crippen LogP contribution in [0, 0.1) is 18.2 Å². The van der Waals surface area contributed by atoms with Gasteiger partial charge in [-0.25, -0.2) is 9.82 Å². The molecular weight excluding hydrogens is 396 g/mol. The van der Waals surface area contributed by atoms with Crippen molar-refractivity contribution in [1.29, 1.82) is 0 Å². The van der Waals surface area contributed by atoms with Gasteiger partial charge in [-0.1, -0.05) is 29.1 Å². The number of terminal acetylenes is 1. The van der Waals surface area contributed by atoms with E-state index in [2.05, 4.69) is 21.8 Å². The summed E-state index contributed by atoms with van der Waals surface area (Å²) in [7, 11) is 0. The summed E-state index contributed by atoms with van der Waals surface area (Å²) in [4.78, 5) is 23.4. The van der Waals surface area contributed by atoms with E-state index in [-0.39, 0.29) is 28.1 Å². The Bertz CT molecular complexity index is 901. The maximum absolute atomic E-state index is 12.8. The van der Waals surface area contributed by atoms with Crippen molar-refractivity contribution in [2.75, 3.05) is 11.9 Å². The number of carbonyl (C=O) groups excluding carboxylic acids is 2. The van der Waals surface area contributed by atoms with E-state index in [1.54, 1.807) is 0 Å². The molecule has 0 aliphatic rings. The van der Waals surface area contributed by atoms with Crippen LogP contribution in [0.2, 0.25) is 10.0 Å². The van der Waals surface area contributed by atoms with Gasteiger partial charge in [-0.3, -0.25) is 9.59 Å². The molecule has 0 aliphatic heterocycles. The van der Waals surface area contributed by atoms with Crippen molar-refractivity contribution in [1.82, 2.24) is 5.43 Å². The molecule has 9 heteroatoms. The largest absolute Gasteiger partial charge is 0.478 e. The van der Waals surface area contributed by atoms with Gasteiger partial charge in [0.2, 0.25) is 0 Å². The molecule has 0 bridgehead atoms. The number of hydrogen-bond donors (Lipinski definition) is 2. The fourth-order valence-corrected chi connectivity index (χ4v) is 2.46. The van der Waals surface area contributed by atoms with E-state index in [1.807, 2.05) is 0 Å². The number of halogens is 3. The third kappa shape index (κ3) is 5.99. The lowest BCUT2D eigenvalue weighted by Gasteiger charge is -2.08. The summed E-state index contributed by atoms with van der Waals surface area (Å²) < 4.78 is 18.0. The molecule has 6 nitrogen and oxygen atoms in total. The normalized spacial score (nSPS) is 10.3.